The van der Waals surface area contributed by atoms with Crippen LogP contribution >= 0.6 is 0 Å². The maximum absolute atomic E-state index is 13.7. The molecule has 1 aliphatic carbocycles. The van der Waals surface area contributed by atoms with Crippen LogP contribution in [-0.4, -0.2) is 63.8 Å². The summed E-state index contributed by atoms with van der Waals surface area (Å²) in [6.45, 7) is 1.93. The molecule has 2 radical (unpaired) electrons. The number of hydrogen-bond acceptors (Lipinski definition) is 6. The molecule has 3 atom stereocenters. The fraction of sp³-hybridized carbons (Fsp3) is 0.688. The summed E-state index contributed by atoms with van der Waals surface area (Å²) in [6.07, 6.45) is -10.8. The molecule has 172 valence electrons. The second-order valence-electron chi connectivity index (χ2n) is 7.06. The standard InChI is InChI=1S/C16H18BF8N5O/c1-3-9(16(23,24)25)27-12-29-10(8-4-5-14(18,19)13(17,31)6-8)28-11(30-12)26-7(2)15(20,21)22/h6-7,9,31H,3-5H2,1-2H3,(H2,26,27,28,29,30)/t7-,9-,13?/m1/s1. The molecule has 0 spiro atoms. The number of hydrogen-bond donors (Lipinski definition) is 3. The van der Waals surface area contributed by atoms with E-state index in [9.17, 15) is 40.2 Å². The molecule has 0 bridgehead atoms. The smallest absolute Gasteiger partial charge is 0.390 e. The number of halogens is 8. The van der Waals surface area contributed by atoms with E-state index in [1.165, 1.54) is 6.92 Å². The highest BCUT2D eigenvalue weighted by Gasteiger charge is 2.49. The van der Waals surface area contributed by atoms with Gasteiger partial charge in [0.15, 0.2) is 5.82 Å². The van der Waals surface area contributed by atoms with E-state index in [0.717, 1.165) is 6.92 Å². The number of nitrogens with one attached hydrogen (secondary N) is 2. The molecule has 0 aromatic carbocycles. The van der Waals surface area contributed by atoms with Crippen molar-refractivity contribution in [2.24, 2.45) is 0 Å². The predicted octanol–water partition coefficient (Wildman–Crippen LogP) is 3.66. The topological polar surface area (TPSA) is 83.0 Å². The number of anilines is 2. The van der Waals surface area contributed by atoms with Crippen molar-refractivity contribution in [1.82, 2.24) is 15.0 Å². The molecule has 2 rings (SSSR count). The summed E-state index contributed by atoms with van der Waals surface area (Å²) in [4.78, 5) is 10.9. The Morgan fingerprint density at radius 3 is 2.06 bits per heavy atom. The Balaban J connectivity index is 2.50. The van der Waals surface area contributed by atoms with Crippen LogP contribution in [0.25, 0.3) is 5.57 Å². The summed E-state index contributed by atoms with van der Waals surface area (Å²) in [5, 5.41) is 13.6. The van der Waals surface area contributed by atoms with Crippen molar-refractivity contribution in [1.29, 1.82) is 0 Å². The van der Waals surface area contributed by atoms with Crippen molar-refractivity contribution in [2.75, 3.05) is 10.6 Å². The molecule has 1 heterocycles. The Hall–Kier alpha value is -2.19. The van der Waals surface area contributed by atoms with Crippen LogP contribution in [0, 0.1) is 0 Å². The first-order valence-corrected chi connectivity index (χ1v) is 9.00. The van der Waals surface area contributed by atoms with Crippen LogP contribution in [0.3, 0.4) is 0 Å². The van der Waals surface area contributed by atoms with Gasteiger partial charge in [-0.05, 0) is 31.4 Å². The lowest BCUT2D eigenvalue weighted by atomic mass is 9.70. The lowest BCUT2D eigenvalue weighted by molar-refractivity contribution is -0.143. The van der Waals surface area contributed by atoms with Crippen LogP contribution in [0.5, 0.6) is 0 Å². The summed E-state index contributed by atoms with van der Waals surface area (Å²) in [7, 11) is 5.19. The molecular formula is C16H18BF8N5O. The third-order valence-electron chi connectivity index (χ3n) is 4.55. The Kier molecular flexibility index (Phi) is 6.79. The van der Waals surface area contributed by atoms with Crippen LogP contribution < -0.4 is 10.6 Å². The molecule has 0 saturated carbocycles. The van der Waals surface area contributed by atoms with Crippen LogP contribution in [-0.2, 0) is 0 Å². The first kappa shape index (κ1) is 25.1. The van der Waals surface area contributed by atoms with Gasteiger partial charge in [0.25, 0.3) is 5.92 Å². The van der Waals surface area contributed by atoms with E-state index in [2.05, 4.69) is 15.0 Å². The molecule has 3 N–H and O–H groups in total. The van der Waals surface area contributed by atoms with E-state index in [0.29, 0.717) is 6.08 Å². The lowest BCUT2D eigenvalue weighted by Crippen LogP contribution is -2.49. The largest absolute Gasteiger partial charge is 0.408 e. The molecule has 6 nitrogen and oxygen atoms in total. The van der Waals surface area contributed by atoms with Crippen LogP contribution in [0.4, 0.5) is 47.0 Å². The Morgan fingerprint density at radius 2 is 1.61 bits per heavy atom. The Labute approximate surface area is 173 Å². The number of rotatable bonds is 6. The number of alkyl halides is 8. The van der Waals surface area contributed by atoms with Gasteiger partial charge in [-0.1, -0.05) is 6.92 Å². The molecular weight excluding hydrogens is 441 g/mol. The van der Waals surface area contributed by atoms with Gasteiger partial charge in [-0.2, -0.15) is 41.3 Å². The Morgan fingerprint density at radius 1 is 1.06 bits per heavy atom. The maximum atomic E-state index is 13.7. The third kappa shape index (κ3) is 5.95. The molecule has 1 aromatic rings. The van der Waals surface area contributed by atoms with E-state index < -0.39 is 72.8 Å². The van der Waals surface area contributed by atoms with Crippen molar-refractivity contribution in [3.05, 3.63) is 11.9 Å². The van der Waals surface area contributed by atoms with Gasteiger partial charge in [-0.25, -0.2) is 8.78 Å². The van der Waals surface area contributed by atoms with Crippen molar-refractivity contribution < 1.29 is 40.2 Å². The SMILES string of the molecule is [B]C1(O)C=C(c2nc(N[C@H](C)C(F)(F)F)nc(N[C@H](CC)C(F)(F)F)n2)CCC1(F)F. The average molecular weight is 459 g/mol. The normalized spacial score (nSPS) is 23.6. The van der Waals surface area contributed by atoms with E-state index in [1.807, 2.05) is 10.6 Å². The molecule has 0 aliphatic heterocycles. The van der Waals surface area contributed by atoms with Gasteiger partial charge in [0.2, 0.25) is 11.9 Å². The first-order valence-electron chi connectivity index (χ1n) is 9.00. The monoisotopic (exact) mass is 459 g/mol. The fourth-order valence-electron chi connectivity index (χ4n) is 2.61. The predicted molar refractivity (Wildman–Crippen MR) is 95.6 cm³/mol. The molecule has 0 fully saturated rings. The summed E-state index contributed by atoms with van der Waals surface area (Å²) in [6, 6.07) is -4.32. The van der Waals surface area contributed by atoms with E-state index in [1.54, 1.807) is 0 Å². The highest BCUT2D eigenvalue weighted by Crippen LogP contribution is 2.41. The van der Waals surface area contributed by atoms with Gasteiger partial charge in [0.1, 0.15) is 25.4 Å². The van der Waals surface area contributed by atoms with Gasteiger partial charge < -0.3 is 15.7 Å². The summed E-state index contributed by atoms with van der Waals surface area (Å²) >= 11 is 0. The molecule has 15 heteroatoms. The summed E-state index contributed by atoms with van der Waals surface area (Å²) in [5.41, 5.74) is -3.30. The molecule has 31 heavy (non-hydrogen) atoms. The second-order valence-corrected chi connectivity index (χ2v) is 7.06. The second kappa shape index (κ2) is 8.39. The maximum Gasteiger partial charge on any atom is 0.408 e. The van der Waals surface area contributed by atoms with E-state index in [-0.39, 0.29) is 5.57 Å². The molecule has 1 aromatic heterocycles. The third-order valence-corrected chi connectivity index (χ3v) is 4.55. The van der Waals surface area contributed by atoms with E-state index >= 15 is 0 Å². The highest BCUT2D eigenvalue weighted by molar-refractivity contribution is 6.17. The molecule has 0 saturated heterocycles. The van der Waals surface area contributed by atoms with Crippen LogP contribution in [0.2, 0.25) is 0 Å². The first-order chi connectivity index (χ1) is 14.0. The van der Waals surface area contributed by atoms with Crippen molar-refractivity contribution in [3.63, 3.8) is 0 Å². The van der Waals surface area contributed by atoms with Crippen LogP contribution in [0.1, 0.15) is 38.9 Å². The molecule has 1 aliphatic rings. The van der Waals surface area contributed by atoms with Crippen LogP contribution in [0.15, 0.2) is 6.08 Å². The zero-order valence-corrected chi connectivity index (χ0v) is 16.2. The molecule has 1 unspecified atom stereocenters. The zero-order chi connectivity index (χ0) is 23.8. The minimum atomic E-state index is -4.73. The van der Waals surface area contributed by atoms with Crippen molar-refractivity contribution in [2.45, 2.75) is 69.0 Å². The highest BCUT2D eigenvalue weighted by atomic mass is 19.4. The summed E-state index contributed by atoms with van der Waals surface area (Å²) in [5.74, 6) is -5.69. The minimum absolute atomic E-state index is 0.191. The van der Waals surface area contributed by atoms with Gasteiger partial charge in [-0.15, -0.1) is 0 Å². The van der Waals surface area contributed by atoms with Gasteiger partial charge in [0.05, 0.1) is 0 Å². The van der Waals surface area contributed by atoms with Gasteiger partial charge >= 0.3 is 12.4 Å². The van der Waals surface area contributed by atoms with E-state index in [4.69, 9.17) is 7.85 Å². The van der Waals surface area contributed by atoms with Crippen molar-refractivity contribution in [3.8, 4) is 0 Å². The fourth-order valence-corrected chi connectivity index (χ4v) is 2.61. The number of aliphatic hydroxyl groups is 1. The summed E-state index contributed by atoms with van der Waals surface area (Å²) < 4.78 is 105. The number of nitrogens with zero attached hydrogens (tertiary/aromatic N) is 3. The quantitative estimate of drug-likeness (QED) is 0.445. The number of allylic oxidation sites excluding steroid dienone is 1. The van der Waals surface area contributed by atoms with Crippen molar-refractivity contribution >= 4 is 25.3 Å². The average Bonchev–Trinajstić information content (AvgIpc) is 2.60. The lowest BCUT2D eigenvalue weighted by Gasteiger charge is -2.35. The molecule has 0 amide bonds. The van der Waals surface area contributed by atoms with Gasteiger partial charge in [0, 0.05) is 6.42 Å². The minimum Gasteiger partial charge on any atom is -0.390 e. The van der Waals surface area contributed by atoms with Gasteiger partial charge in [-0.3, -0.25) is 0 Å². The number of aromatic nitrogens is 3. The zero-order valence-electron chi connectivity index (χ0n) is 16.2. The Bertz CT molecular complexity index is 827.